The van der Waals surface area contributed by atoms with Crippen molar-refractivity contribution < 1.29 is 13.2 Å². The molecule has 1 aliphatic rings. The molecule has 1 aliphatic carbocycles. The molecule has 0 amide bonds. The van der Waals surface area contributed by atoms with Crippen LogP contribution in [-0.4, -0.2) is 22.7 Å². The highest BCUT2D eigenvalue weighted by molar-refractivity contribution is 7.90. The molecular weight excluding hydrogens is 475 g/mol. The van der Waals surface area contributed by atoms with E-state index in [0.717, 1.165) is 11.0 Å². The Morgan fingerprint density at radius 2 is 1.66 bits per heavy atom. The molecule has 0 radical (unpaired) electrons. The molecule has 0 aliphatic heterocycles. The number of nitrogens with zero attached hydrogens (tertiary/aromatic N) is 2. The van der Waals surface area contributed by atoms with Crippen molar-refractivity contribution in [3.05, 3.63) is 97.1 Å². The molecular formula is C22H16Cl2N2O5S. The van der Waals surface area contributed by atoms with Crippen LogP contribution >= 0.6 is 23.2 Å². The summed E-state index contributed by atoms with van der Waals surface area (Å²) in [4.78, 5) is 38.9. The molecule has 0 saturated carbocycles. The second-order valence-electron chi connectivity index (χ2n) is 7.12. The first kappa shape index (κ1) is 22.3. The Bertz CT molecular complexity index is 1530. The molecule has 0 saturated heterocycles. The fourth-order valence-electron chi connectivity index (χ4n) is 3.45. The minimum absolute atomic E-state index is 0.0625. The first-order valence-corrected chi connectivity index (χ1v) is 11.8. The van der Waals surface area contributed by atoms with Gasteiger partial charge in [0.2, 0.25) is 0 Å². The van der Waals surface area contributed by atoms with Crippen molar-refractivity contribution in [1.82, 2.24) is 8.54 Å². The number of benzene rings is 2. The predicted molar refractivity (Wildman–Crippen MR) is 123 cm³/mol. The van der Waals surface area contributed by atoms with Crippen LogP contribution in [0.5, 0.6) is 0 Å². The van der Waals surface area contributed by atoms with Gasteiger partial charge in [-0.1, -0.05) is 41.4 Å². The van der Waals surface area contributed by atoms with Crippen LogP contribution in [0.1, 0.15) is 12.8 Å². The summed E-state index contributed by atoms with van der Waals surface area (Å²) in [6.07, 6.45) is 6.75. The molecule has 2 aromatic carbocycles. The van der Waals surface area contributed by atoms with E-state index in [1.807, 2.05) is 6.08 Å². The molecule has 10 heteroatoms. The van der Waals surface area contributed by atoms with Crippen LogP contribution in [-0.2, 0) is 21.4 Å². The van der Waals surface area contributed by atoms with Gasteiger partial charge in [0.1, 0.15) is 0 Å². The van der Waals surface area contributed by atoms with Crippen LogP contribution in [0, 0.1) is 0 Å². The smallest absolute Gasteiger partial charge is 0.292 e. The minimum Gasteiger partial charge on any atom is -0.292 e. The lowest BCUT2D eigenvalue weighted by atomic mass is 10.0. The van der Waals surface area contributed by atoms with Crippen LogP contribution in [0.4, 0.5) is 0 Å². The zero-order valence-corrected chi connectivity index (χ0v) is 18.8. The van der Waals surface area contributed by atoms with E-state index in [9.17, 15) is 22.8 Å². The van der Waals surface area contributed by atoms with Crippen molar-refractivity contribution in [1.29, 1.82) is 0 Å². The largest absolute Gasteiger partial charge is 0.346 e. The number of Topliss-reactive ketones (excluding diaryl/α,β-unsaturated/α-hetero) is 1. The van der Waals surface area contributed by atoms with Gasteiger partial charge in [0, 0.05) is 15.6 Å². The summed E-state index contributed by atoms with van der Waals surface area (Å²) in [5.74, 6) is -0.390. The van der Waals surface area contributed by atoms with Gasteiger partial charge in [-0.3, -0.25) is 14.2 Å². The Morgan fingerprint density at radius 1 is 0.969 bits per heavy atom. The lowest BCUT2D eigenvalue weighted by Crippen LogP contribution is -2.44. The number of hydrogen-bond acceptors (Lipinski definition) is 5. The molecule has 0 spiro atoms. The number of halogens is 2. The monoisotopic (exact) mass is 490 g/mol. The molecule has 0 unspecified atom stereocenters. The number of fused-ring (bicyclic) bond motifs is 1. The minimum atomic E-state index is -4.56. The van der Waals surface area contributed by atoms with E-state index in [1.165, 1.54) is 42.5 Å². The Hall–Kier alpha value is -2.94. The average Bonchev–Trinajstić information content (AvgIpc) is 2.77. The van der Waals surface area contributed by atoms with E-state index in [4.69, 9.17) is 23.2 Å². The van der Waals surface area contributed by atoms with E-state index < -0.39 is 33.6 Å². The Kier molecular flexibility index (Phi) is 5.94. The molecule has 3 aromatic rings. The Morgan fingerprint density at radius 3 is 2.31 bits per heavy atom. The van der Waals surface area contributed by atoms with Crippen LogP contribution in [0.25, 0.3) is 10.9 Å². The standard InChI is InChI=1S/C22H16Cl2N2O5S/c23-15-6-9-17(10-7-15)32(30,31)26-21(28)18-11-8-16(24)12-19(18)25(22(26)29)13-20(27)14-4-2-1-3-5-14/h2,4-12H,1,3,13H2. The van der Waals surface area contributed by atoms with Crippen molar-refractivity contribution in [2.75, 3.05) is 0 Å². The van der Waals surface area contributed by atoms with Crippen LogP contribution < -0.4 is 11.2 Å². The summed E-state index contributed by atoms with van der Waals surface area (Å²) in [7, 11) is -4.56. The molecule has 1 aromatic heterocycles. The number of carbonyl (C=O) groups excluding carboxylic acids is 1. The van der Waals surface area contributed by atoms with Crippen LogP contribution in [0.15, 0.2) is 80.8 Å². The van der Waals surface area contributed by atoms with E-state index >= 15 is 0 Å². The molecule has 1 heterocycles. The molecule has 4 rings (SSSR count). The summed E-state index contributed by atoms with van der Waals surface area (Å²) in [6.45, 7) is -0.456. The third-order valence-electron chi connectivity index (χ3n) is 5.04. The second kappa shape index (κ2) is 8.54. The van der Waals surface area contributed by atoms with Crippen molar-refractivity contribution in [3.8, 4) is 0 Å². The fourth-order valence-corrected chi connectivity index (χ4v) is 5.05. The van der Waals surface area contributed by atoms with Gasteiger partial charge in [-0.05, 0) is 55.3 Å². The molecule has 164 valence electrons. The average molecular weight is 491 g/mol. The van der Waals surface area contributed by atoms with Gasteiger partial charge >= 0.3 is 5.69 Å². The first-order valence-electron chi connectivity index (χ1n) is 9.56. The quantitative estimate of drug-likeness (QED) is 0.544. The molecule has 0 atom stereocenters. The third-order valence-corrected chi connectivity index (χ3v) is 7.20. The summed E-state index contributed by atoms with van der Waals surface area (Å²) < 4.78 is 27.6. The van der Waals surface area contributed by atoms with Gasteiger partial charge in [0.15, 0.2) is 5.78 Å². The lowest BCUT2D eigenvalue weighted by Gasteiger charge is -2.15. The number of aromatic nitrogens is 2. The summed E-state index contributed by atoms with van der Waals surface area (Å²) in [5, 5.41) is 0.460. The van der Waals surface area contributed by atoms with Gasteiger partial charge in [-0.2, -0.15) is 0 Å². The van der Waals surface area contributed by atoms with E-state index in [1.54, 1.807) is 12.2 Å². The zero-order valence-electron chi connectivity index (χ0n) is 16.5. The summed E-state index contributed by atoms with van der Waals surface area (Å²) in [5.41, 5.74) is -1.70. The SMILES string of the molecule is O=C(Cn1c(=O)n(S(=O)(=O)c2ccc(Cl)cc2)c(=O)c2ccc(Cl)cc21)C1=CCCC=C1. The Balaban J connectivity index is 1.98. The van der Waals surface area contributed by atoms with E-state index in [-0.39, 0.29) is 24.8 Å². The number of allylic oxidation sites excluding steroid dienone is 4. The predicted octanol–water partition coefficient (Wildman–Crippen LogP) is 3.55. The number of hydrogen-bond donors (Lipinski definition) is 0. The highest BCUT2D eigenvalue weighted by Crippen LogP contribution is 2.19. The normalized spacial score (nSPS) is 13.9. The van der Waals surface area contributed by atoms with Gasteiger partial charge in [0.25, 0.3) is 15.6 Å². The summed E-state index contributed by atoms with van der Waals surface area (Å²) in [6, 6.07) is 9.17. The number of rotatable bonds is 5. The van der Waals surface area contributed by atoms with Gasteiger partial charge in [-0.15, -0.1) is 3.97 Å². The van der Waals surface area contributed by atoms with E-state index in [2.05, 4.69) is 0 Å². The molecule has 0 bridgehead atoms. The van der Waals surface area contributed by atoms with Crippen LogP contribution in [0.2, 0.25) is 10.0 Å². The summed E-state index contributed by atoms with van der Waals surface area (Å²) >= 11 is 11.9. The molecule has 32 heavy (non-hydrogen) atoms. The van der Waals surface area contributed by atoms with Crippen LogP contribution in [0.3, 0.4) is 0 Å². The molecule has 7 nitrogen and oxygen atoms in total. The van der Waals surface area contributed by atoms with E-state index in [0.29, 0.717) is 17.0 Å². The number of carbonyl (C=O) groups is 1. The second-order valence-corrected chi connectivity index (χ2v) is 9.78. The fraction of sp³-hybridized carbons (Fsp3) is 0.136. The van der Waals surface area contributed by atoms with Gasteiger partial charge in [0.05, 0.1) is 22.3 Å². The van der Waals surface area contributed by atoms with Gasteiger partial charge < -0.3 is 0 Å². The third kappa shape index (κ3) is 3.97. The zero-order chi connectivity index (χ0) is 23.0. The Labute approximate surface area is 192 Å². The first-order chi connectivity index (χ1) is 15.2. The topological polar surface area (TPSA) is 95.2 Å². The van der Waals surface area contributed by atoms with Crippen molar-refractivity contribution >= 4 is 49.9 Å². The van der Waals surface area contributed by atoms with Crippen molar-refractivity contribution in [2.45, 2.75) is 24.3 Å². The number of ketones is 1. The highest BCUT2D eigenvalue weighted by atomic mass is 35.5. The van der Waals surface area contributed by atoms with Gasteiger partial charge in [-0.25, -0.2) is 13.2 Å². The van der Waals surface area contributed by atoms with Crippen molar-refractivity contribution in [2.24, 2.45) is 0 Å². The maximum Gasteiger partial charge on any atom is 0.346 e. The molecule has 0 N–H and O–H groups in total. The maximum absolute atomic E-state index is 13.3. The maximum atomic E-state index is 13.3. The lowest BCUT2D eigenvalue weighted by molar-refractivity contribution is -0.115. The highest BCUT2D eigenvalue weighted by Gasteiger charge is 2.26. The van der Waals surface area contributed by atoms with Crippen molar-refractivity contribution in [3.63, 3.8) is 0 Å². The molecule has 0 fully saturated rings.